The maximum atomic E-state index is 13.2. The molecule has 182 valence electrons. The highest BCUT2D eigenvalue weighted by Crippen LogP contribution is 2.39. The van der Waals surface area contributed by atoms with Gasteiger partial charge in [-0.2, -0.15) is 0 Å². The van der Waals surface area contributed by atoms with Gasteiger partial charge in [-0.15, -0.1) is 11.8 Å². The van der Waals surface area contributed by atoms with Crippen LogP contribution in [0, 0.1) is 25.7 Å². The van der Waals surface area contributed by atoms with Crippen molar-refractivity contribution in [2.45, 2.75) is 37.2 Å². The first-order valence-electron chi connectivity index (χ1n) is 11.4. The number of aryl methyl sites for hydroxylation is 1. The van der Waals surface area contributed by atoms with E-state index in [0.29, 0.717) is 42.6 Å². The molecule has 1 saturated heterocycles. The van der Waals surface area contributed by atoms with Gasteiger partial charge in [-0.3, -0.25) is 14.4 Å². The van der Waals surface area contributed by atoms with Gasteiger partial charge in [0.25, 0.3) is 5.91 Å². The zero-order valence-corrected chi connectivity index (χ0v) is 21.3. The highest BCUT2D eigenvalue weighted by atomic mass is 32.2. The standard InChI is InChI=1S/C24H30N4O4S2/c1-14-8-17(9-19(15(14)2)23(32)28-6-4-27(5-7-28)16(3)30)13-33-21-11-25-24(34-21)26-22(31)20-10-18(20)12-29/h8-9,11,18,20,29H,4-7,10,12-13H2,1-3H3,(H,25,26,31)/t18-,20+/m0/s1. The fourth-order valence-electron chi connectivity index (χ4n) is 4.14. The largest absolute Gasteiger partial charge is 0.396 e. The smallest absolute Gasteiger partial charge is 0.254 e. The normalized spacial score (nSPS) is 19.8. The first-order chi connectivity index (χ1) is 16.3. The summed E-state index contributed by atoms with van der Waals surface area (Å²) in [6, 6.07) is 4.08. The third-order valence-corrected chi connectivity index (χ3v) is 8.74. The number of piperazine rings is 1. The molecule has 1 aromatic carbocycles. The molecule has 1 aliphatic carbocycles. The number of thiazole rings is 1. The predicted octanol–water partition coefficient (Wildman–Crippen LogP) is 2.92. The third-order valence-electron chi connectivity index (χ3n) is 6.56. The van der Waals surface area contributed by atoms with Crippen LogP contribution < -0.4 is 5.32 Å². The number of carbonyl (C=O) groups excluding carboxylic acids is 3. The molecule has 0 spiro atoms. The van der Waals surface area contributed by atoms with Gasteiger partial charge in [0.05, 0.1) is 10.4 Å². The average Bonchev–Trinajstić information content (AvgIpc) is 3.50. The SMILES string of the molecule is CC(=O)N1CCN(C(=O)c2cc(CSc3cnc(NC(=O)[C@@H]4C[C@H]4CO)s3)cc(C)c2C)CC1. The first kappa shape index (κ1) is 24.7. The minimum Gasteiger partial charge on any atom is -0.396 e. The Hall–Kier alpha value is -2.43. The highest BCUT2D eigenvalue weighted by molar-refractivity contribution is 8.00. The van der Waals surface area contributed by atoms with Crippen LogP contribution in [0.5, 0.6) is 0 Å². The highest BCUT2D eigenvalue weighted by Gasteiger charge is 2.42. The number of carbonyl (C=O) groups is 3. The van der Waals surface area contributed by atoms with E-state index in [4.69, 9.17) is 5.11 Å². The second-order valence-electron chi connectivity index (χ2n) is 8.93. The minimum atomic E-state index is -0.109. The van der Waals surface area contributed by atoms with Gasteiger partial charge in [0.15, 0.2) is 5.13 Å². The summed E-state index contributed by atoms with van der Waals surface area (Å²) in [6.07, 6.45) is 2.48. The Kier molecular flexibility index (Phi) is 7.59. The molecule has 34 heavy (non-hydrogen) atoms. The summed E-state index contributed by atoms with van der Waals surface area (Å²) < 4.78 is 0.983. The van der Waals surface area contributed by atoms with E-state index in [1.54, 1.807) is 29.8 Å². The first-order valence-corrected chi connectivity index (χ1v) is 13.2. The number of aliphatic hydroxyl groups excluding tert-OH is 1. The average molecular weight is 503 g/mol. The molecule has 2 heterocycles. The van der Waals surface area contributed by atoms with E-state index in [0.717, 1.165) is 27.3 Å². The summed E-state index contributed by atoms with van der Waals surface area (Å²) in [5.41, 5.74) is 3.83. The molecule has 2 aliphatic rings. The molecule has 2 N–H and O–H groups in total. The lowest BCUT2D eigenvalue weighted by Gasteiger charge is -2.34. The third kappa shape index (κ3) is 5.61. The predicted molar refractivity (Wildman–Crippen MR) is 133 cm³/mol. The van der Waals surface area contributed by atoms with Gasteiger partial charge in [0.2, 0.25) is 11.8 Å². The van der Waals surface area contributed by atoms with Crippen LogP contribution in [-0.2, 0) is 15.3 Å². The second kappa shape index (κ2) is 10.5. The number of nitrogens with one attached hydrogen (secondary N) is 1. The Labute approximate surface area is 207 Å². The van der Waals surface area contributed by atoms with E-state index >= 15 is 0 Å². The Morgan fingerprint density at radius 1 is 1.18 bits per heavy atom. The minimum absolute atomic E-state index is 0.0136. The number of aliphatic hydroxyl groups is 1. The van der Waals surface area contributed by atoms with Gasteiger partial charge < -0.3 is 20.2 Å². The number of amides is 3. The molecule has 1 saturated carbocycles. The lowest BCUT2D eigenvalue weighted by molar-refractivity contribution is -0.130. The van der Waals surface area contributed by atoms with Crippen molar-refractivity contribution >= 4 is 46.0 Å². The second-order valence-corrected chi connectivity index (χ2v) is 11.2. The molecule has 1 aromatic heterocycles. The van der Waals surface area contributed by atoms with Crippen molar-refractivity contribution in [3.05, 3.63) is 40.6 Å². The summed E-state index contributed by atoms with van der Waals surface area (Å²) in [5, 5.41) is 12.5. The van der Waals surface area contributed by atoms with Crippen molar-refractivity contribution in [3.63, 3.8) is 0 Å². The molecule has 8 nitrogen and oxygen atoms in total. The van der Waals surface area contributed by atoms with Gasteiger partial charge in [0, 0.05) is 56.9 Å². The van der Waals surface area contributed by atoms with E-state index in [9.17, 15) is 14.4 Å². The summed E-state index contributed by atoms with van der Waals surface area (Å²) >= 11 is 3.05. The Balaban J connectivity index is 1.37. The number of benzene rings is 1. The molecule has 4 rings (SSSR count). The quantitative estimate of drug-likeness (QED) is 0.565. The van der Waals surface area contributed by atoms with Crippen LogP contribution in [0.4, 0.5) is 5.13 Å². The zero-order valence-electron chi connectivity index (χ0n) is 19.7. The number of hydrogen-bond acceptors (Lipinski definition) is 7. The van der Waals surface area contributed by atoms with E-state index < -0.39 is 0 Å². The van der Waals surface area contributed by atoms with Crippen molar-refractivity contribution in [1.29, 1.82) is 0 Å². The maximum absolute atomic E-state index is 13.2. The molecule has 2 atom stereocenters. The monoisotopic (exact) mass is 502 g/mol. The Morgan fingerprint density at radius 3 is 2.53 bits per heavy atom. The molecule has 2 fully saturated rings. The fourth-order valence-corrected chi connectivity index (χ4v) is 5.95. The maximum Gasteiger partial charge on any atom is 0.254 e. The summed E-state index contributed by atoms with van der Waals surface area (Å²) in [4.78, 5) is 44.9. The van der Waals surface area contributed by atoms with E-state index in [-0.39, 0.29) is 36.2 Å². The van der Waals surface area contributed by atoms with Crippen LogP contribution >= 0.6 is 23.1 Å². The van der Waals surface area contributed by atoms with Crippen LogP contribution in [-0.4, -0.2) is 70.4 Å². The summed E-state index contributed by atoms with van der Waals surface area (Å²) in [7, 11) is 0. The fraction of sp³-hybridized carbons (Fsp3) is 0.500. The van der Waals surface area contributed by atoms with E-state index in [2.05, 4.69) is 16.4 Å². The number of nitrogens with zero attached hydrogens (tertiary/aromatic N) is 3. The van der Waals surface area contributed by atoms with Gasteiger partial charge in [-0.05, 0) is 48.9 Å². The summed E-state index contributed by atoms with van der Waals surface area (Å²) in [6.45, 7) is 7.84. The Bertz CT molecular complexity index is 1090. The zero-order chi connectivity index (χ0) is 24.4. The number of hydrogen-bond donors (Lipinski definition) is 2. The Morgan fingerprint density at radius 2 is 1.88 bits per heavy atom. The number of thioether (sulfide) groups is 1. The van der Waals surface area contributed by atoms with Crippen LogP contribution in [0.1, 0.15) is 40.4 Å². The van der Waals surface area contributed by atoms with Crippen LogP contribution in [0.3, 0.4) is 0 Å². The van der Waals surface area contributed by atoms with Crippen molar-refractivity contribution in [1.82, 2.24) is 14.8 Å². The molecule has 10 heteroatoms. The lowest BCUT2D eigenvalue weighted by Crippen LogP contribution is -2.50. The number of rotatable bonds is 7. The van der Waals surface area contributed by atoms with Gasteiger partial charge >= 0.3 is 0 Å². The van der Waals surface area contributed by atoms with Gasteiger partial charge in [0.1, 0.15) is 0 Å². The van der Waals surface area contributed by atoms with Crippen LogP contribution in [0.2, 0.25) is 0 Å². The van der Waals surface area contributed by atoms with Crippen molar-refractivity contribution in [3.8, 4) is 0 Å². The van der Waals surface area contributed by atoms with Gasteiger partial charge in [-0.1, -0.05) is 17.4 Å². The molecule has 3 amide bonds. The molecule has 2 aromatic rings. The van der Waals surface area contributed by atoms with E-state index in [1.165, 1.54) is 11.3 Å². The van der Waals surface area contributed by atoms with E-state index in [1.807, 2.05) is 24.8 Å². The van der Waals surface area contributed by atoms with Crippen molar-refractivity contribution < 1.29 is 19.5 Å². The summed E-state index contributed by atoms with van der Waals surface area (Å²) in [5.74, 6) is 0.636. The number of anilines is 1. The molecular weight excluding hydrogens is 472 g/mol. The molecule has 0 unspecified atom stereocenters. The topological polar surface area (TPSA) is 103 Å². The van der Waals surface area contributed by atoms with Gasteiger partial charge in [-0.25, -0.2) is 4.98 Å². The van der Waals surface area contributed by atoms with Crippen LogP contribution in [0.25, 0.3) is 0 Å². The van der Waals surface area contributed by atoms with Crippen molar-refractivity contribution in [2.75, 3.05) is 38.1 Å². The molecule has 1 aliphatic heterocycles. The number of aromatic nitrogens is 1. The van der Waals surface area contributed by atoms with Crippen LogP contribution in [0.15, 0.2) is 22.5 Å². The molecular formula is C24H30N4O4S2. The van der Waals surface area contributed by atoms with Crippen molar-refractivity contribution in [2.24, 2.45) is 11.8 Å². The lowest BCUT2D eigenvalue weighted by atomic mass is 9.99. The molecule has 0 bridgehead atoms. The molecule has 0 radical (unpaired) electrons.